The molecule has 1 heterocycles. The summed E-state index contributed by atoms with van der Waals surface area (Å²) in [7, 11) is 0. The van der Waals surface area contributed by atoms with Crippen LogP contribution in [0.2, 0.25) is 0 Å². The lowest BCUT2D eigenvalue weighted by Crippen LogP contribution is -2.11. The molecule has 0 atom stereocenters. The third kappa shape index (κ3) is 5.50. The predicted octanol–water partition coefficient (Wildman–Crippen LogP) is 6.57. The lowest BCUT2D eigenvalue weighted by molar-refractivity contribution is -0.141. The molecule has 0 saturated heterocycles. The summed E-state index contributed by atoms with van der Waals surface area (Å²) in [6, 6.07) is 7.55. The highest BCUT2D eigenvalue weighted by Crippen LogP contribution is 2.38. The van der Waals surface area contributed by atoms with Gasteiger partial charge < -0.3 is 14.6 Å². The first-order chi connectivity index (χ1) is 15.6. The molecule has 0 radical (unpaired) electrons. The highest BCUT2D eigenvalue weighted by atomic mass is 19.4. The van der Waals surface area contributed by atoms with Gasteiger partial charge in [0.15, 0.2) is 11.3 Å². The van der Waals surface area contributed by atoms with Gasteiger partial charge >= 0.3 is 12.4 Å². The maximum atomic E-state index is 13.1. The van der Waals surface area contributed by atoms with Gasteiger partial charge in [-0.3, -0.25) is 0 Å². The number of fused-ring (bicyclic) bond motifs is 1. The zero-order valence-corrected chi connectivity index (χ0v) is 17.4. The van der Waals surface area contributed by atoms with Crippen molar-refractivity contribution in [2.75, 3.05) is 18.5 Å². The Labute approximate surface area is 184 Å². The Morgan fingerprint density at radius 3 is 2.48 bits per heavy atom. The van der Waals surface area contributed by atoms with Crippen molar-refractivity contribution in [2.24, 2.45) is 0 Å². The van der Waals surface area contributed by atoms with Crippen molar-refractivity contribution in [1.82, 2.24) is 5.16 Å². The molecule has 3 rings (SSSR count). The first kappa shape index (κ1) is 24.2. The molecule has 3 aromatic rings. The molecule has 0 amide bonds. The van der Waals surface area contributed by atoms with Crippen LogP contribution in [0, 0.1) is 11.3 Å². The van der Waals surface area contributed by atoms with Crippen LogP contribution in [0.25, 0.3) is 11.0 Å². The average molecular weight is 471 g/mol. The molecule has 0 unspecified atom stereocenters. The first-order valence-corrected chi connectivity index (χ1v) is 10.0. The lowest BCUT2D eigenvalue weighted by atomic mass is 10.0. The van der Waals surface area contributed by atoms with E-state index in [0.29, 0.717) is 30.6 Å². The molecule has 1 aromatic heterocycles. The van der Waals surface area contributed by atoms with Gasteiger partial charge in [0.1, 0.15) is 5.75 Å². The Morgan fingerprint density at radius 2 is 1.85 bits per heavy atom. The molecular weight excluding hydrogens is 452 g/mol. The summed E-state index contributed by atoms with van der Waals surface area (Å²) in [4.78, 5) is 0. The first-order valence-electron chi connectivity index (χ1n) is 10.0. The van der Waals surface area contributed by atoms with E-state index in [0.717, 1.165) is 12.1 Å². The second-order valence-electron chi connectivity index (χ2n) is 7.20. The number of nitriles is 1. The van der Waals surface area contributed by atoms with Crippen molar-refractivity contribution in [2.45, 2.75) is 38.5 Å². The van der Waals surface area contributed by atoms with Crippen molar-refractivity contribution in [3.05, 3.63) is 52.7 Å². The molecule has 176 valence electrons. The Morgan fingerprint density at radius 1 is 1.09 bits per heavy atom. The number of ether oxygens (including phenoxy) is 1. The molecular formula is C22H19F6N3O2. The number of aromatic nitrogens is 1. The van der Waals surface area contributed by atoms with Gasteiger partial charge in [-0.2, -0.15) is 31.6 Å². The van der Waals surface area contributed by atoms with E-state index in [1.807, 2.05) is 6.92 Å². The van der Waals surface area contributed by atoms with E-state index in [9.17, 15) is 26.3 Å². The van der Waals surface area contributed by atoms with Crippen LogP contribution in [-0.2, 0) is 18.8 Å². The van der Waals surface area contributed by atoms with Crippen molar-refractivity contribution in [1.29, 1.82) is 5.26 Å². The molecule has 0 aliphatic rings. The molecule has 33 heavy (non-hydrogen) atoms. The van der Waals surface area contributed by atoms with E-state index in [4.69, 9.17) is 14.5 Å². The van der Waals surface area contributed by atoms with Crippen LogP contribution in [0.1, 0.15) is 42.1 Å². The topological polar surface area (TPSA) is 71.1 Å². The summed E-state index contributed by atoms with van der Waals surface area (Å²) in [5.41, 5.74) is -1.86. The zero-order valence-electron chi connectivity index (χ0n) is 17.4. The SMILES string of the molecule is CCCc1c(OCCCNc2ccc(C#N)c(C(F)(F)F)c2)ccc2c(C(F)(F)F)noc12. The fourth-order valence-electron chi connectivity index (χ4n) is 3.34. The van der Waals surface area contributed by atoms with Crippen LogP contribution in [-0.4, -0.2) is 18.3 Å². The summed E-state index contributed by atoms with van der Waals surface area (Å²) in [6.45, 7) is 2.30. The zero-order chi connectivity index (χ0) is 24.2. The van der Waals surface area contributed by atoms with Crippen molar-refractivity contribution in [3.8, 4) is 11.8 Å². The summed E-state index contributed by atoms with van der Waals surface area (Å²) in [5.74, 6) is 0.368. The number of alkyl halides is 6. The van der Waals surface area contributed by atoms with Crippen molar-refractivity contribution in [3.63, 3.8) is 0 Å². The van der Waals surface area contributed by atoms with Gasteiger partial charge in [-0.15, -0.1) is 0 Å². The minimum Gasteiger partial charge on any atom is -0.493 e. The fraction of sp³-hybridized carbons (Fsp3) is 0.364. The summed E-state index contributed by atoms with van der Waals surface area (Å²) in [6.07, 6.45) is -7.83. The number of benzene rings is 2. The van der Waals surface area contributed by atoms with E-state index in [-0.39, 0.29) is 29.8 Å². The Kier molecular flexibility index (Phi) is 7.05. The van der Waals surface area contributed by atoms with Gasteiger partial charge in [-0.25, -0.2) is 0 Å². The minimum absolute atomic E-state index is 0.0251. The molecule has 0 spiro atoms. The smallest absolute Gasteiger partial charge is 0.437 e. The maximum absolute atomic E-state index is 13.1. The highest BCUT2D eigenvalue weighted by Gasteiger charge is 2.37. The van der Waals surface area contributed by atoms with Crippen LogP contribution >= 0.6 is 0 Å². The number of hydrogen-bond donors (Lipinski definition) is 1. The van der Waals surface area contributed by atoms with Crippen molar-refractivity contribution < 1.29 is 35.6 Å². The third-order valence-electron chi connectivity index (χ3n) is 4.82. The van der Waals surface area contributed by atoms with Crippen molar-refractivity contribution >= 4 is 16.7 Å². The van der Waals surface area contributed by atoms with Gasteiger partial charge in [0.2, 0.25) is 0 Å². The van der Waals surface area contributed by atoms with E-state index in [1.54, 1.807) is 0 Å². The van der Waals surface area contributed by atoms with Crippen LogP contribution < -0.4 is 10.1 Å². The molecule has 0 bridgehead atoms. The summed E-state index contributed by atoms with van der Waals surface area (Å²) in [5, 5.41) is 14.7. The Bertz CT molecular complexity index is 1160. The number of nitrogens with zero attached hydrogens (tertiary/aromatic N) is 2. The van der Waals surface area contributed by atoms with Crippen LogP contribution in [0.3, 0.4) is 0 Å². The largest absolute Gasteiger partial charge is 0.493 e. The molecule has 0 saturated carbocycles. The average Bonchev–Trinajstić information content (AvgIpc) is 3.19. The maximum Gasteiger partial charge on any atom is 0.437 e. The quantitative estimate of drug-likeness (QED) is 0.297. The fourth-order valence-corrected chi connectivity index (χ4v) is 3.34. The normalized spacial score (nSPS) is 12.1. The molecule has 11 heteroatoms. The standard InChI is InChI=1S/C22H19F6N3O2/c1-2-4-15-18(8-7-16-19(15)33-31-20(16)22(26,27)28)32-10-3-9-30-14-6-5-13(12-29)17(11-14)21(23,24)25/h5-8,11,30H,2-4,9-10H2,1H3. The second-order valence-corrected chi connectivity index (χ2v) is 7.20. The van der Waals surface area contributed by atoms with Crippen LogP contribution in [0.4, 0.5) is 32.0 Å². The predicted molar refractivity (Wildman–Crippen MR) is 108 cm³/mol. The Hall–Kier alpha value is -3.42. The van der Waals surface area contributed by atoms with Gasteiger partial charge in [0, 0.05) is 17.8 Å². The highest BCUT2D eigenvalue weighted by molar-refractivity contribution is 5.85. The number of halogens is 6. The van der Waals surface area contributed by atoms with E-state index >= 15 is 0 Å². The van der Waals surface area contributed by atoms with Gasteiger partial charge in [0.05, 0.1) is 29.2 Å². The number of aryl methyl sites for hydroxylation is 1. The third-order valence-corrected chi connectivity index (χ3v) is 4.82. The number of rotatable bonds is 8. The Balaban J connectivity index is 1.65. The number of hydrogen-bond acceptors (Lipinski definition) is 5. The van der Waals surface area contributed by atoms with E-state index in [2.05, 4.69) is 10.5 Å². The molecule has 2 aromatic carbocycles. The molecule has 0 fully saturated rings. The minimum atomic E-state index is -4.65. The number of nitrogens with one attached hydrogen (secondary N) is 1. The summed E-state index contributed by atoms with van der Waals surface area (Å²) < 4.78 is 89.1. The molecule has 0 aliphatic heterocycles. The lowest BCUT2D eigenvalue weighted by Gasteiger charge is -2.13. The van der Waals surface area contributed by atoms with Crippen LogP contribution in [0.5, 0.6) is 5.75 Å². The second kappa shape index (κ2) is 9.60. The van der Waals surface area contributed by atoms with E-state index < -0.39 is 29.2 Å². The monoisotopic (exact) mass is 471 g/mol. The van der Waals surface area contributed by atoms with Crippen LogP contribution in [0.15, 0.2) is 34.9 Å². The molecule has 5 nitrogen and oxygen atoms in total. The summed E-state index contributed by atoms with van der Waals surface area (Å²) >= 11 is 0. The van der Waals surface area contributed by atoms with Gasteiger partial charge in [0.25, 0.3) is 0 Å². The number of anilines is 1. The molecule has 1 N–H and O–H groups in total. The van der Waals surface area contributed by atoms with Gasteiger partial charge in [-0.1, -0.05) is 18.5 Å². The van der Waals surface area contributed by atoms with E-state index in [1.165, 1.54) is 24.3 Å². The van der Waals surface area contributed by atoms with Gasteiger partial charge in [-0.05, 0) is 43.2 Å². The molecule has 0 aliphatic carbocycles.